The summed E-state index contributed by atoms with van der Waals surface area (Å²) in [6, 6.07) is 14.5. The van der Waals surface area contributed by atoms with Crippen molar-refractivity contribution in [2.24, 2.45) is 0 Å². The fourth-order valence-electron chi connectivity index (χ4n) is 2.31. The summed E-state index contributed by atoms with van der Waals surface area (Å²) in [6.07, 6.45) is 2.22. The molecule has 0 bridgehead atoms. The van der Waals surface area contributed by atoms with Gasteiger partial charge in [-0.05, 0) is 41.5 Å². The fourth-order valence-corrected chi connectivity index (χ4v) is 2.67. The van der Waals surface area contributed by atoms with Gasteiger partial charge in [0.1, 0.15) is 5.75 Å². The Morgan fingerprint density at radius 2 is 1.89 bits per heavy atom. The molecule has 19 heavy (non-hydrogen) atoms. The molecule has 1 N–H and O–H groups in total. The quantitative estimate of drug-likeness (QED) is 0.891. The van der Waals surface area contributed by atoms with Crippen LogP contribution >= 0.6 is 15.9 Å². The maximum atomic E-state index is 5.21. The van der Waals surface area contributed by atoms with Gasteiger partial charge in [0.2, 0.25) is 0 Å². The van der Waals surface area contributed by atoms with Gasteiger partial charge in [0.05, 0.1) is 7.11 Å². The van der Waals surface area contributed by atoms with Crippen LogP contribution in [0, 0.1) is 0 Å². The lowest BCUT2D eigenvalue weighted by molar-refractivity contribution is 0.415. The van der Waals surface area contributed by atoms with Crippen molar-refractivity contribution in [3.05, 3.63) is 64.1 Å². The van der Waals surface area contributed by atoms with Crippen LogP contribution in [0.5, 0.6) is 5.75 Å². The third kappa shape index (κ3) is 2.38. The zero-order valence-corrected chi connectivity index (χ0v) is 12.2. The monoisotopic (exact) mass is 315 g/mol. The number of anilines is 1. The molecule has 0 spiro atoms. The molecule has 0 fully saturated rings. The highest BCUT2D eigenvalue weighted by Gasteiger charge is 2.14. The van der Waals surface area contributed by atoms with E-state index in [1.165, 1.54) is 22.4 Å². The highest BCUT2D eigenvalue weighted by Crippen LogP contribution is 2.34. The summed E-state index contributed by atoms with van der Waals surface area (Å²) in [5, 5.41) is 3.39. The Bertz CT molecular complexity index is 632. The predicted octanol–water partition coefficient (Wildman–Crippen LogP) is 4.31. The molecule has 1 aliphatic rings. The van der Waals surface area contributed by atoms with Gasteiger partial charge >= 0.3 is 0 Å². The second-order valence-corrected chi connectivity index (χ2v) is 5.33. The van der Waals surface area contributed by atoms with E-state index < -0.39 is 0 Å². The molecule has 1 aliphatic heterocycles. The highest BCUT2D eigenvalue weighted by molar-refractivity contribution is 9.10. The minimum atomic E-state index is 0.857. The average molecular weight is 316 g/mol. The predicted molar refractivity (Wildman–Crippen MR) is 82.7 cm³/mol. The molecule has 2 aromatic carbocycles. The Labute approximate surface area is 121 Å². The van der Waals surface area contributed by atoms with E-state index in [0.29, 0.717) is 0 Å². The molecule has 96 valence electrons. The first-order chi connectivity index (χ1) is 9.28. The molecule has 0 saturated heterocycles. The SMILES string of the molecule is COc1ccc(C2=CCNc3ccc(Br)cc32)cc1. The van der Waals surface area contributed by atoms with Gasteiger partial charge < -0.3 is 10.1 Å². The van der Waals surface area contributed by atoms with Crippen LogP contribution in [-0.4, -0.2) is 13.7 Å². The summed E-state index contributed by atoms with van der Waals surface area (Å²) < 4.78 is 6.30. The zero-order chi connectivity index (χ0) is 13.2. The van der Waals surface area contributed by atoms with Crippen LogP contribution in [0.15, 0.2) is 53.0 Å². The Hall–Kier alpha value is -1.74. The van der Waals surface area contributed by atoms with Crippen LogP contribution in [0.4, 0.5) is 5.69 Å². The van der Waals surface area contributed by atoms with Crippen molar-refractivity contribution in [2.75, 3.05) is 19.0 Å². The van der Waals surface area contributed by atoms with Crippen molar-refractivity contribution in [1.29, 1.82) is 0 Å². The lowest BCUT2D eigenvalue weighted by Gasteiger charge is -2.20. The van der Waals surface area contributed by atoms with Crippen LogP contribution in [0.2, 0.25) is 0 Å². The van der Waals surface area contributed by atoms with E-state index in [1.54, 1.807) is 7.11 Å². The van der Waals surface area contributed by atoms with Crippen LogP contribution < -0.4 is 10.1 Å². The van der Waals surface area contributed by atoms with Gasteiger partial charge in [-0.15, -0.1) is 0 Å². The van der Waals surface area contributed by atoms with Crippen molar-refractivity contribution in [2.45, 2.75) is 0 Å². The Kier molecular flexibility index (Phi) is 3.30. The molecule has 3 rings (SSSR count). The second-order valence-electron chi connectivity index (χ2n) is 4.42. The first kappa shape index (κ1) is 12.3. The Morgan fingerprint density at radius 1 is 1.11 bits per heavy atom. The number of nitrogens with one attached hydrogen (secondary N) is 1. The molecule has 2 nitrogen and oxygen atoms in total. The molecular formula is C16H14BrNO. The van der Waals surface area contributed by atoms with Crippen molar-refractivity contribution < 1.29 is 4.74 Å². The molecule has 0 atom stereocenters. The maximum absolute atomic E-state index is 5.21. The van der Waals surface area contributed by atoms with E-state index in [2.05, 4.69) is 57.7 Å². The number of ether oxygens (including phenoxy) is 1. The lowest BCUT2D eigenvalue weighted by Crippen LogP contribution is -2.08. The van der Waals surface area contributed by atoms with Crippen LogP contribution in [0.1, 0.15) is 11.1 Å². The van der Waals surface area contributed by atoms with Gasteiger partial charge in [0.25, 0.3) is 0 Å². The van der Waals surface area contributed by atoms with Gasteiger partial charge in [-0.25, -0.2) is 0 Å². The van der Waals surface area contributed by atoms with E-state index in [4.69, 9.17) is 4.74 Å². The standard InChI is InChI=1S/C16H14BrNO/c1-19-13-5-2-11(3-6-13)14-8-9-18-16-7-4-12(17)10-15(14)16/h2-8,10,18H,9H2,1H3. The minimum absolute atomic E-state index is 0.857. The van der Waals surface area contributed by atoms with E-state index in [-0.39, 0.29) is 0 Å². The summed E-state index contributed by atoms with van der Waals surface area (Å²) in [7, 11) is 1.69. The third-order valence-corrected chi connectivity index (χ3v) is 3.76. The first-order valence-corrected chi connectivity index (χ1v) is 6.95. The van der Waals surface area contributed by atoms with Gasteiger partial charge in [-0.1, -0.05) is 34.1 Å². The van der Waals surface area contributed by atoms with Gasteiger partial charge in [0, 0.05) is 22.3 Å². The van der Waals surface area contributed by atoms with Crippen molar-refractivity contribution in [3.8, 4) is 5.75 Å². The molecular weight excluding hydrogens is 302 g/mol. The maximum Gasteiger partial charge on any atom is 0.118 e. The largest absolute Gasteiger partial charge is 0.497 e. The molecule has 0 aliphatic carbocycles. The summed E-state index contributed by atoms with van der Waals surface area (Å²) in [5.74, 6) is 0.882. The smallest absolute Gasteiger partial charge is 0.118 e. The summed E-state index contributed by atoms with van der Waals surface area (Å²) in [4.78, 5) is 0. The number of fused-ring (bicyclic) bond motifs is 1. The van der Waals surface area contributed by atoms with E-state index in [9.17, 15) is 0 Å². The van der Waals surface area contributed by atoms with Crippen molar-refractivity contribution >= 4 is 27.2 Å². The van der Waals surface area contributed by atoms with Crippen LogP contribution in [0.3, 0.4) is 0 Å². The van der Waals surface area contributed by atoms with Crippen LogP contribution in [0.25, 0.3) is 5.57 Å². The molecule has 1 heterocycles. The number of halogens is 1. The van der Waals surface area contributed by atoms with Gasteiger partial charge in [-0.3, -0.25) is 0 Å². The van der Waals surface area contributed by atoms with Crippen LogP contribution in [-0.2, 0) is 0 Å². The molecule has 2 aromatic rings. The summed E-state index contributed by atoms with van der Waals surface area (Å²) in [5.41, 5.74) is 4.88. The first-order valence-electron chi connectivity index (χ1n) is 6.16. The molecule has 0 radical (unpaired) electrons. The minimum Gasteiger partial charge on any atom is -0.497 e. The van der Waals surface area contributed by atoms with E-state index >= 15 is 0 Å². The summed E-state index contributed by atoms with van der Waals surface area (Å²) in [6.45, 7) is 0.857. The van der Waals surface area contributed by atoms with E-state index in [0.717, 1.165) is 16.8 Å². The Morgan fingerprint density at radius 3 is 2.63 bits per heavy atom. The highest BCUT2D eigenvalue weighted by atomic mass is 79.9. The third-order valence-electron chi connectivity index (χ3n) is 3.27. The van der Waals surface area contributed by atoms with E-state index in [1.807, 2.05) is 12.1 Å². The molecule has 0 unspecified atom stereocenters. The molecule has 0 aromatic heterocycles. The molecule has 3 heteroatoms. The Balaban J connectivity index is 2.05. The molecule has 0 amide bonds. The van der Waals surface area contributed by atoms with Gasteiger partial charge in [-0.2, -0.15) is 0 Å². The average Bonchev–Trinajstić information content (AvgIpc) is 2.47. The number of hydrogen-bond donors (Lipinski definition) is 1. The number of rotatable bonds is 2. The van der Waals surface area contributed by atoms with Crippen molar-refractivity contribution in [1.82, 2.24) is 0 Å². The van der Waals surface area contributed by atoms with Gasteiger partial charge in [0.15, 0.2) is 0 Å². The second kappa shape index (κ2) is 5.10. The normalized spacial score (nSPS) is 13.3. The summed E-state index contributed by atoms with van der Waals surface area (Å²) >= 11 is 3.54. The number of benzene rings is 2. The lowest BCUT2D eigenvalue weighted by atomic mass is 9.94. The fraction of sp³-hybridized carbons (Fsp3) is 0.125. The topological polar surface area (TPSA) is 21.3 Å². The van der Waals surface area contributed by atoms with Crippen molar-refractivity contribution in [3.63, 3.8) is 0 Å². The number of methoxy groups -OCH3 is 1. The zero-order valence-electron chi connectivity index (χ0n) is 10.6. The molecule has 0 saturated carbocycles. The number of hydrogen-bond acceptors (Lipinski definition) is 2.